The summed E-state index contributed by atoms with van der Waals surface area (Å²) < 4.78 is 12.9. The zero-order valence-electron chi connectivity index (χ0n) is 20.7. The molecule has 1 saturated heterocycles. The molecule has 4 rings (SSSR count). The number of anilines is 1. The van der Waals surface area contributed by atoms with E-state index in [0.29, 0.717) is 29.1 Å². The Balaban J connectivity index is 1.60. The Morgan fingerprint density at radius 3 is 2.41 bits per heavy atom. The number of aromatic nitrogens is 4. The average Bonchev–Trinajstić information content (AvgIpc) is 3.19. The lowest BCUT2D eigenvalue weighted by Crippen LogP contribution is -2.28. The Bertz CT molecular complexity index is 1120. The summed E-state index contributed by atoms with van der Waals surface area (Å²) in [5.74, 6) is 2.08. The molecule has 0 aromatic carbocycles. The number of amides is 1. The zero-order chi connectivity index (χ0) is 24.2. The summed E-state index contributed by atoms with van der Waals surface area (Å²) >= 11 is 0. The van der Waals surface area contributed by atoms with E-state index in [-0.39, 0.29) is 11.8 Å². The molecule has 182 valence electrons. The molecule has 1 N–H and O–H groups in total. The number of nitrogens with zero attached hydrogens (tertiary/aromatic N) is 5. The number of carbonyl (C=O) groups excluding carboxylic acids is 1. The second kappa shape index (κ2) is 10.4. The Labute approximate surface area is 200 Å². The molecule has 2 atom stereocenters. The molecule has 1 aliphatic rings. The lowest BCUT2D eigenvalue weighted by atomic mass is 9.93. The molecule has 1 aliphatic heterocycles. The standard InChI is InChI=1S/C25H34N6O3/c1-16-6-7-17(9-11-30(2)10-8-16)23(32)29-21-13-18-12-19(31(3)20(18)14-26-21)22-24(33-4)27-15-28-25(22)34-5/h12-17H,6-11H2,1-5H3,(H,26,29,32)/t16?,17-/m0/s1. The molecule has 4 heterocycles. The lowest BCUT2D eigenvalue weighted by molar-refractivity contribution is -0.120. The maximum Gasteiger partial charge on any atom is 0.229 e. The van der Waals surface area contributed by atoms with E-state index in [1.165, 1.54) is 12.7 Å². The summed E-state index contributed by atoms with van der Waals surface area (Å²) in [6.45, 7) is 4.30. The van der Waals surface area contributed by atoms with Crippen LogP contribution >= 0.6 is 0 Å². The number of aryl methyl sites for hydroxylation is 1. The number of methoxy groups -OCH3 is 2. The van der Waals surface area contributed by atoms with Gasteiger partial charge in [-0.2, -0.15) is 0 Å². The Kier molecular flexibility index (Phi) is 7.31. The van der Waals surface area contributed by atoms with E-state index in [2.05, 4.69) is 39.1 Å². The van der Waals surface area contributed by atoms with Crippen LogP contribution < -0.4 is 14.8 Å². The van der Waals surface area contributed by atoms with Gasteiger partial charge in [0.25, 0.3) is 0 Å². The van der Waals surface area contributed by atoms with E-state index in [1.54, 1.807) is 20.4 Å². The van der Waals surface area contributed by atoms with Crippen molar-refractivity contribution in [3.05, 3.63) is 24.7 Å². The van der Waals surface area contributed by atoms with Crippen molar-refractivity contribution in [2.75, 3.05) is 39.7 Å². The van der Waals surface area contributed by atoms with Gasteiger partial charge >= 0.3 is 0 Å². The van der Waals surface area contributed by atoms with Gasteiger partial charge in [-0.3, -0.25) is 4.79 Å². The van der Waals surface area contributed by atoms with Gasteiger partial charge < -0.3 is 24.3 Å². The number of rotatable bonds is 5. The molecule has 1 amide bonds. The summed E-state index contributed by atoms with van der Waals surface area (Å²) in [6.07, 6.45) is 7.21. The van der Waals surface area contributed by atoms with E-state index < -0.39 is 0 Å². The Morgan fingerprint density at radius 1 is 1.00 bits per heavy atom. The molecule has 0 radical (unpaired) electrons. The van der Waals surface area contributed by atoms with Gasteiger partial charge in [-0.1, -0.05) is 6.92 Å². The molecule has 3 aromatic heterocycles. The van der Waals surface area contributed by atoms with Crippen LogP contribution in [0.1, 0.15) is 32.6 Å². The van der Waals surface area contributed by atoms with Crippen LogP contribution in [0.3, 0.4) is 0 Å². The molecule has 9 nitrogen and oxygen atoms in total. The fourth-order valence-electron chi connectivity index (χ4n) is 4.62. The molecule has 34 heavy (non-hydrogen) atoms. The summed E-state index contributed by atoms with van der Waals surface area (Å²) in [4.78, 5) is 28.4. The van der Waals surface area contributed by atoms with Gasteiger partial charge in [0.05, 0.1) is 31.6 Å². The first-order chi connectivity index (χ1) is 16.4. The Hall–Kier alpha value is -3.20. The molecule has 0 saturated carbocycles. The monoisotopic (exact) mass is 466 g/mol. The number of pyridine rings is 1. The highest BCUT2D eigenvalue weighted by Gasteiger charge is 2.23. The molecule has 0 bridgehead atoms. The van der Waals surface area contributed by atoms with Gasteiger partial charge in [-0.25, -0.2) is 15.0 Å². The van der Waals surface area contributed by atoms with Crippen molar-refractivity contribution in [3.63, 3.8) is 0 Å². The van der Waals surface area contributed by atoms with Gasteiger partial charge in [-0.15, -0.1) is 0 Å². The number of nitrogens with one attached hydrogen (secondary N) is 1. The zero-order valence-corrected chi connectivity index (χ0v) is 20.7. The molecule has 1 fully saturated rings. The van der Waals surface area contributed by atoms with Gasteiger partial charge in [0.2, 0.25) is 17.7 Å². The average molecular weight is 467 g/mol. The van der Waals surface area contributed by atoms with Crippen LogP contribution in [0.5, 0.6) is 11.8 Å². The molecule has 9 heteroatoms. The maximum atomic E-state index is 13.1. The normalized spacial score (nSPS) is 19.8. The van der Waals surface area contributed by atoms with Crippen molar-refractivity contribution in [1.29, 1.82) is 0 Å². The Morgan fingerprint density at radius 2 is 1.71 bits per heavy atom. The van der Waals surface area contributed by atoms with Crippen molar-refractivity contribution < 1.29 is 14.3 Å². The van der Waals surface area contributed by atoms with Gasteiger partial charge in [0, 0.05) is 18.4 Å². The van der Waals surface area contributed by atoms with Crippen LogP contribution in [-0.4, -0.2) is 64.7 Å². The van der Waals surface area contributed by atoms with E-state index in [4.69, 9.17) is 9.47 Å². The molecule has 1 unspecified atom stereocenters. The fraction of sp³-hybridized carbons (Fsp3) is 0.520. The summed E-state index contributed by atoms with van der Waals surface area (Å²) in [7, 11) is 7.22. The molecule has 0 aliphatic carbocycles. The van der Waals surface area contributed by atoms with Crippen molar-refractivity contribution in [1.82, 2.24) is 24.4 Å². The summed E-state index contributed by atoms with van der Waals surface area (Å²) in [5.41, 5.74) is 2.42. The molecular weight excluding hydrogens is 432 g/mol. The minimum atomic E-state index is -0.0122. The predicted molar refractivity (Wildman–Crippen MR) is 132 cm³/mol. The van der Waals surface area contributed by atoms with E-state index in [1.807, 2.05) is 23.7 Å². The predicted octanol–water partition coefficient (Wildman–Crippen LogP) is 3.74. The summed E-state index contributed by atoms with van der Waals surface area (Å²) in [5, 5.41) is 4.01. The van der Waals surface area contributed by atoms with Crippen molar-refractivity contribution >= 4 is 22.6 Å². The highest BCUT2D eigenvalue weighted by molar-refractivity contribution is 5.95. The molecule has 3 aromatic rings. The third-order valence-electron chi connectivity index (χ3n) is 6.84. The quantitative estimate of drug-likeness (QED) is 0.612. The minimum absolute atomic E-state index is 0.0122. The second-order valence-corrected chi connectivity index (χ2v) is 9.23. The topological polar surface area (TPSA) is 94.4 Å². The summed E-state index contributed by atoms with van der Waals surface area (Å²) in [6, 6.07) is 3.91. The van der Waals surface area contributed by atoms with Gasteiger partial charge in [0.15, 0.2) is 0 Å². The van der Waals surface area contributed by atoms with E-state index in [9.17, 15) is 4.79 Å². The number of hydrogen-bond donors (Lipinski definition) is 1. The van der Waals surface area contributed by atoms with Crippen LogP contribution in [0.15, 0.2) is 24.7 Å². The smallest absolute Gasteiger partial charge is 0.229 e. The van der Waals surface area contributed by atoms with Crippen LogP contribution in [0.25, 0.3) is 22.2 Å². The number of fused-ring (bicyclic) bond motifs is 1. The first-order valence-electron chi connectivity index (χ1n) is 11.8. The maximum absolute atomic E-state index is 13.1. The van der Waals surface area contributed by atoms with Crippen LogP contribution in [0, 0.1) is 11.8 Å². The number of ether oxygens (including phenoxy) is 2. The van der Waals surface area contributed by atoms with Crippen molar-refractivity contribution in [2.45, 2.75) is 32.6 Å². The second-order valence-electron chi connectivity index (χ2n) is 9.23. The highest BCUT2D eigenvalue weighted by Crippen LogP contribution is 2.38. The first-order valence-corrected chi connectivity index (χ1v) is 11.8. The third kappa shape index (κ3) is 4.99. The minimum Gasteiger partial charge on any atom is -0.480 e. The number of hydrogen-bond acceptors (Lipinski definition) is 7. The first kappa shape index (κ1) is 23.9. The van der Waals surface area contributed by atoms with Gasteiger partial charge in [-0.05, 0) is 63.9 Å². The third-order valence-corrected chi connectivity index (χ3v) is 6.84. The van der Waals surface area contributed by atoms with Crippen molar-refractivity contribution in [3.8, 4) is 23.0 Å². The highest BCUT2D eigenvalue weighted by atomic mass is 16.5. The molecular formula is C25H34N6O3. The van der Waals surface area contributed by atoms with E-state index in [0.717, 1.165) is 48.9 Å². The van der Waals surface area contributed by atoms with Crippen LogP contribution in [0.4, 0.5) is 5.82 Å². The SMILES string of the molecule is COc1ncnc(OC)c1-c1cc2cc(NC(=O)[C@H]3CCC(C)CCN(C)CC3)ncc2n1C. The molecule has 0 spiro atoms. The van der Waals surface area contributed by atoms with Crippen LogP contribution in [0.2, 0.25) is 0 Å². The number of carbonyl (C=O) groups is 1. The largest absolute Gasteiger partial charge is 0.480 e. The van der Waals surface area contributed by atoms with Gasteiger partial charge in [0.1, 0.15) is 17.7 Å². The van der Waals surface area contributed by atoms with Crippen molar-refractivity contribution in [2.24, 2.45) is 18.9 Å². The lowest BCUT2D eigenvalue weighted by Gasteiger charge is -2.19. The fourth-order valence-corrected chi connectivity index (χ4v) is 4.62. The van der Waals surface area contributed by atoms with E-state index >= 15 is 0 Å². The van der Waals surface area contributed by atoms with Crippen LogP contribution in [-0.2, 0) is 11.8 Å².